The lowest BCUT2D eigenvalue weighted by atomic mass is 9.86. The molecule has 1 N–H and O–H groups in total. The van der Waals surface area contributed by atoms with Crippen LogP contribution in [0.2, 0.25) is 0 Å². The number of hydrogen-bond donors (Lipinski definition) is 1. The Kier molecular flexibility index (Phi) is 5.75. The second-order valence-electron chi connectivity index (χ2n) is 7.82. The van der Waals surface area contributed by atoms with Crippen molar-refractivity contribution >= 4 is 51.6 Å². The molecule has 1 aromatic carbocycles. The highest BCUT2D eigenvalue weighted by Gasteiger charge is 2.26. The summed E-state index contributed by atoms with van der Waals surface area (Å²) in [5.41, 5.74) is 4.03. The van der Waals surface area contributed by atoms with Gasteiger partial charge in [0.15, 0.2) is 12.4 Å². The Labute approximate surface area is 194 Å². The van der Waals surface area contributed by atoms with Crippen LogP contribution < -0.4 is 5.32 Å². The fourth-order valence-electron chi connectivity index (χ4n) is 4.06. The Hall–Kier alpha value is -3.78. The number of anilines is 1. The number of ether oxygens (including phenoxy) is 1. The number of nitrogens with one attached hydrogen (secondary N) is 1. The normalized spacial score (nSPS) is 14.3. The van der Waals surface area contributed by atoms with E-state index in [2.05, 4.69) is 22.6 Å². The van der Waals surface area contributed by atoms with Crippen molar-refractivity contribution in [1.82, 2.24) is 10.1 Å². The van der Waals surface area contributed by atoms with Crippen molar-refractivity contribution in [2.75, 3.05) is 11.9 Å². The monoisotopic (exact) mass is 459 g/mol. The number of para-hydroxylation sites is 1. The highest BCUT2D eigenvalue weighted by molar-refractivity contribution is 7.10. The molecule has 1 aliphatic rings. The van der Waals surface area contributed by atoms with E-state index in [1.807, 2.05) is 35.7 Å². The molecule has 3 heterocycles. The Morgan fingerprint density at radius 1 is 1.21 bits per heavy atom. The number of thiophene rings is 1. The number of allylic oxidation sites excluding steroid dienone is 1. The maximum Gasteiger partial charge on any atom is 0.339 e. The van der Waals surface area contributed by atoms with Crippen LogP contribution in [0.4, 0.5) is 5.82 Å². The van der Waals surface area contributed by atoms with Crippen molar-refractivity contribution in [2.45, 2.75) is 26.2 Å². The molecule has 0 radical (unpaired) electrons. The van der Waals surface area contributed by atoms with Gasteiger partial charge in [0.1, 0.15) is 5.76 Å². The second kappa shape index (κ2) is 8.99. The van der Waals surface area contributed by atoms with Gasteiger partial charge in [0.2, 0.25) is 0 Å². The van der Waals surface area contributed by atoms with Crippen molar-refractivity contribution in [2.24, 2.45) is 0 Å². The number of rotatable bonds is 5. The van der Waals surface area contributed by atoms with Gasteiger partial charge in [-0.25, -0.2) is 9.78 Å². The van der Waals surface area contributed by atoms with E-state index in [9.17, 15) is 9.59 Å². The molecule has 0 bridgehead atoms. The number of carbonyl (C=O) groups is 2. The van der Waals surface area contributed by atoms with Crippen LogP contribution in [0.5, 0.6) is 0 Å². The summed E-state index contributed by atoms with van der Waals surface area (Å²) in [7, 11) is 0. The van der Waals surface area contributed by atoms with E-state index in [1.165, 1.54) is 0 Å². The van der Waals surface area contributed by atoms with Crippen LogP contribution in [0.1, 0.15) is 45.1 Å². The summed E-state index contributed by atoms with van der Waals surface area (Å²) in [6.45, 7) is 1.30. The standard InChI is InChI=1S/C25H21N3O4S/c1-15-12-21(28-32-15)27-22(29)14-31-25(30)23-18-8-2-3-10-20(18)26-24-16(6-4-9-19(23)24)13-17-7-5-11-33-17/h2-3,5,7-8,10-13H,4,6,9,14H2,1H3,(H,27,28,29)/b16-13-. The minimum atomic E-state index is -0.534. The van der Waals surface area contributed by atoms with E-state index < -0.39 is 18.5 Å². The molecule has 0 unspecified atom stereocenters. The molecule has 1 amide bonds. The lowest BCUT2D eigenvalue weighted by molar-refractivity contribution is -0.119. The fourth-order valence-corrected chi connectivity index (χ4v) is 4.74. The first-order chi connectivity index (χ1) is 16.1. The van der Waals surface area contributed by atoms with Crippen LogP contribution in [0.25, 0.3) is 22.6 Å². The van der Waals surface area contributed by atoms with Crippen LogP contribution in [0, 0.1) is 6.92 Å². The number of aromatic nitrogens is 2. The zero-order valence-electron chi connectivity index (χ0n) is 18.0. The summed E-state index contributed by atoms with van der Waals surface area (Å²) in [5, 5.41) is 9.04. The molecule has 0 aliphatic heterocycles. The van der Waals surface area contributed by atoms with Gasteiger partial charge >= 0.3 is 5.97 Å². The summed E-state index contributed by atoms with van der Waals surface area (Å²) in [6, 6.07) is 13.2. The van der Waals surface area contributed by atoms with Gasteiger partial charge in [0.25, 0.3) is 5.91 Å². The molecule has 0 atom stereocenters. The number of fused-ring (bicyclic) bond motifs is 2. The van der Waals surface area contributed by atoms with Gasteiger partial charge in [-0.3, -0.25) is 4.79 Å². The van der Waals surface area contributed by atoms with Crippen molar-refractivity contribution in [1.29, 1.82) is 0 Å². The molecule has 0 saturated heterocycles. The Morgan fingerprint density at radius 3 is 2.88 bits per heavy atom. The summed E-state index contributed by atoms with van der Waals surface area (Å²) >= 11 is 1.67. The van der Waals surface area contributed by atoms with Gasteiger partial charge in [-0.1, -0.05) is 29.4 Å². The van der Waals surface area contributed by atoms with Gasteiger partial charge in [-0.2, -0.15) is 0 Å². The van der Waals surface area contributed by atoms with Gasteiger partial charge in [0, 0.05) is 16.3 Å². The van der Waals surface area contributed by atoms with Crippen molar-refractivity contribution in [3.63, 3.8) is 0 Å². The maximum atomic E-state index is 13.2. The zero-order valence-corrected chi connectivity index (χ0v) is 18.8. The van der Waals surface area contributed by atoms with E-state index >= 15 is 0 Å². The molecule has 8 heteroatoms. The van der Waals surface area contributed by atoms with Crippen LogP contribution >= 0.6 is 11.3 Å². The third-order valence-corrected chi connectivity index (χ3v) is 6.28. The zero-order chi connectivity index (χ0) is 22.8. The van der Waals surface area contributed by atoms with E-state index in [0.29, 0.717) is 11.3 Å². The molecule has 166 valence electrons. The molecule has 33 heavy (non-hydrogen) atoms. The molecule has 5 rings (SSSR count). The number of nitrogens with zero attached hydrogens (tertiary/aromatic N) is 2. The average Bonchev–Trinajstić information content (AvgIpc) is 3.48. The number of esters is 1. The van der Waals surface area contributed by atoms with Crippen LogP contribution in [-0.2, 0) is 16.0 Å². The lowest BCUT2D eigenvalue weighted by Gasteiger charge is -2.22. The average molecular weight is 460 g/mol. The minimum Gasteiger partial charge on any atom is -0.452 e. The summed E-state index contributed by atoms with van der Waals surface area (Å²) in [6.07, 6.45) is 4.68. The van der Waals surface area contributed by atoms with Gasteiger partial charge in [-0.15, -0.1) is 11.3 Å². The molecule has 4 aromatic rings. The Balaban J connectivity index is 1.47. The maximum absolute atomic E-state index is 13.2. The Bertz CT molecular complexity index is 1370. The van der Waals surface area contributed by atoms with Crippen LogP contribution in [0.3, 0.4) is 0 Å². The molecule has 7 nitrogen and oxygen atoms in total. The second-order valence-corrected chi connectivity index (χ2v) is 8.80. The first kappa shape index (κ1) is 21.1. The third-order valence-electron chi connectivity index (χ3n) is 5.46. The molecule has 1 aliphatic carbocycles. The predicted octanol–water partition coefficient (Wildman–Crippen LogP) is 5.27. The minimum absolute atomic E-state index is 0.281. The number of amides is 1. The molecule has 0 saturated carbocycles. The van der Waals surface area contributed by atoms with Gasteiger partial charge in [0.05, 0.1) is 16.8 Å². The lowest BCUT2D eigenvalue weighted by Crippen LogP contribution is -2.22. The fraction of sp³-hybridized carbons (Fsp3) is 0.200. The summed E-state index contributed by atoms with van der Waals surface area (Å²) in [5.74, 6) is -0.164. The first-order valence-electron chi connectivity index (χ1n) is 10.6. The number of pyridine rings is 1. The highest BCUT2D eigenvalue weighted by Crippen LogP contribution is 2.36. The van der Waals surface area contributed by atoms with Gasteiger partial charge in [-0.05, 0) is 60.9 Å². The van der Waals surface area contributed by atoms with Gasteiger partial charge < -0.3 is 14.6 Å². The van der Waals surface area contributed by atoms with E-state index in [0.717, 1.165) is 51.9 Å². The van der Waals surface area contributed by atoms with E-state index in [4.69, 9.17) is 14.2 Å². The molecule has 0 fully saturated rings. The SMILES string of the molecule is Cc1cc(NC(=O)COC(=O)c2c3c(nc4ccccc24)/C(=C\c2cccs2)CCC3)no1. The van der Waals surface area contributed by atoms with E-state index in [-0.39, 0.29) is 5.82 Å². The van der Waals surface area contributed by atoms with Crippen molar-refractivity contribution in [3.8, 4) is 0 Å². The molecule has 0 spiro atoms. The molecule has 3 aromatic heterocycles. The van der Waals surface area contributed by atoms with Crippen LogP contribution in [0.15, 0.2) is 52.4 Å². The van der Waals surface area contributed by atoms with E-state index in [1.54, 1.807) is 24.3 Å². The topological polar surface area (TPSA) is 94.3 Å². The highest BCUT2D eigenvalue weighted by atomic mass is 32.1. The quantitative estimate of drug-likeness (QED) is 0.409. The van der Waals surface area contributed by atoms with Crippen molar-refractivity contribution in [3.05, 3.63) is 75.3 Å². The molecular formula is C25H21N3O4S. The number of hydrogen-bond acceptors (Lipinski definition) is 7. The number of aryl methyl sites for hydroxylation is 1. The first-order valence-corrected chi connectivity index (χ1v) is 11.5. The van der Waals surface area contributed by atoms with Crippen molar-refractivity contribution < 1.29 is 18.8 Å². The summed E-state index contributed by atoms with van der Waals surface area (Å²) in [4.78, 5) is 31.5. The summed E-state index contributed by atoms with van der Waals surface area (Å²) < 4.78 is 10.4. The number of carbonyl (C=O) groups excluding carboxylic acids is 2. The molecular weight excluding hydrogens is 438 g/mol. The smallest absolute Gasteiger partial charge is 0.339 e. The van der Waals surface area contributed by atoms with Crippen LogP contribution in [-0.4, -0.2) is 28.6 Å². The number of benzene rings is 1. The predicted molar refractivity (Wildman–Crippen MR) is 127 cm³/mol. The third kappa shape index (κ3) is 4.42. The largest absolute Gasteiger partial charge is 0.452 e. The Morgan fingerprint density at radius 2 is 2.09 bits per heavy atom.